The van der Waals surface area contributed by atoms with Gasteiger partial charge in [0.15, 0.2) is 5.82 Å². The van der Waals surface area contributed by atoms with Gasteiger partial charge in [-0.05, 0) is 31.0 Å². The lowest BCUT2D eigenvalue weighted by molar-refractivity contribution is 0.00692. The van der Waals surface area contributed by atoms with Crippen LogP contribution in [0.5, 0.6) is 0 Å². The summed E-state index contributed by atoms with van der Waals surface area (Å²) in [6.07, 6.45) is 1.46. The highest BCUT2D eigenvalue weighted by Gasteiger charge is 2.32. The number of hydrogen-bond acceptors (Lipinski definition) is 4. The highest BCUT2D eigenvalue weighted by molar-refractivity contribution is 5.75. The molecule has 1 saturated heterocycles. The van der Waals surface area contributed by atoms with Crippen molar-refractivity contribution in [2.24, 2.45) is 7.05 Å². The number of nitrogens with one attached hydrogen (secondary N) is 1. The highest BCUT2D eigenvalue weighted by Crippen LogP contribution is 2.23. The van der Waals surface area contributed by atoms with E-state index in [1.807, 2.05) is 13.0 Å². The molecule has 0 radical (unpaired) electrons. The van der Waals surface area contributed by atoms with E-state index in [2.05, 4.69) is 15.4 Å². The van der Waals surface area contributed by atoms with E-state index in [4.69, 9.17) is 4.74 Å². The quantitative estimate of drug-likeness (QED) is 0.923. The second-order valence-corrected chi connectivity index (χ2v) is 6.21. The molecule has 1 aromatic heterocycles. The SMILES string of the molecule is Cc1ccc([C@@H](C)NC(=O)N2CCOC[C@H]2c2ncnn2C)cc1F. The van der Waals surface area contributed by atoms with Crippen LogP contribution in [0.3, 0.4) is 0 Å². The Kier molecular flexibility index (Phi) is 4.98. The molecule has 1 aliphatic heterocycles. The molecule has 2 atom stereocenters. The lowest BCUT2D eigenvalue weighted by Crippen LogP contribution is -2.49. The van der Waals surface area contributed by atoms with Crippen LogP contribution in [0.1, 0.15) is 36.0 Å². The number of nitrogens with zero attached hydrogens (tertiary/aromatic N) is 4. The molecular formula is C17H22FN5O2. The Balaban J connectivity index is 1.74. The van der Waals surface area contributed by atoms with Crippen LogP contribution in [-0.4, -0.2) is 45.5 Å². The Bertz CT molecular complexity index is 763. The van der Waals surface area contributed by atoms with Gasteiger partial charge in [-0.1, -0.05) is 12.1 Å². The molecule has 0 spiro atoms. The Labute approximate surface area is 145 Å². The number of halogens is 1. The van der Waals surface area contributed by atoms with Crippen molar-refractivity contribution >= 4 is 6.03 Å². The van der Waals surface area contributed by atoms with Gasteiger partial charge in [0.05, 0.1) is 19.3 Å². The molecule has 134 valence electrons. The summed E-state index contributed by atoms with van der Waals surface area (Å²) >= 11 is 0. The first-order valence-corrected chi connectivity index (χ1v) is 8.22. The Morgan fingerprint density at radius 3 is 2.96 bits per heavy atom. The molecule has 2 heterocycles. The van der Waals surface area contributed by atoms with Gasteiger partial charge >= 0.3 is 6.03 Å². The summed E-state index contributed by atoms with van der Waals surface area (Å²) in [7, 11) is 1.78. The fourth-order valence-electron chi connectivity index (χ4n) is 2.90. The number of rotatable bonds is 3. The van der Waals surface area contributed by atoms with Crippen LogP contribution in [-0.2, 0) is 11.8 Å². The summed E-state index contributed by atoms with van der Waals surface area (Å²) in [5, 5.41) is 6.99. The third-order valence-electron chi connectivity index (χ3n) is 4.47. The van der Waals surface area contributed by atoms with Gasteiger partial charge in [0.2, 0.25) is 0 Å². The van der Waals surface area contributed by atoms with Crippen molar-refractivity contribution in [1.29, 1.82) is 0 Å². The van der Waals surface area contributed by atoms with Crippen LogP contribution >= 0.6 is 0 Å². The standard InChI is InChI=1S/C17H22FN5O2/c1-11-4-5-13(8-14(11)18)12(2)21-17(24)23-6-7-25-9-15(23)16-19-10-20-22(16)3/h4-5,8,10,12,15H,6-7,9H2,1-3H3,(H,21,24)/t12-,15+/m1/s1. The van der Waals surface area contributed by atoms with E-state index in [1.54, 1.807) is 29.6 Å². The highest BCUT2D eigenvalue weighted by atomic mass is 19.1. The molecular weight excluding hydrogens is 325 g/mol. The number of morpholine rings is 1. The Morgan fingerprint density at radius 1 is 1.48 bits per heavy atom. The van der Waals surface area contributed by atoms with E-state index in [1.165, 1.54) is 12.4 Å². The van der Waals surface area contributed by atoms with E-state index < -0.39 is 0 Å². The number of hydrogen-bond donors (Lipinski definition) is 1. The first kappa shape index (κ1) is 17.3. The average Bonchev–Trinajstić information content (AvgIpc) is 3.03. The molecule has 0 aliphatic carbocycles. The lowest BCUT2D eigenvalue weighted by atomic mass is 10.1. The van der Waals surface area contributed by atoms with Crippen molar-refractivity contribution in [3.8, 4) is 0 Å². The van der Waals surface area contributed by atoms with Crippen molar-refractivity contribution in [1.82, 2.24) is 25.0 Å². The summed E-state index contributed by atoms with van der Waals surface area (Å²) in [5.74, 6) is 0.394. The lowest BCUT2D eigenvalue weighted by Gasteiger charge is -2.35. The van der Waals surface area contributed by atoms with E-state index in [0.29, 0.717) is 31.1 Å². The van der Waals surface area contributed by atoms with Crippen molar-refractivity contribution in [3.05, 3.63) is 47.3 Å². The third kappa shape index (κ3) is 3.63. The van der Waals surface area contributed by atoms with Crippen LogP contribution in [0.15, 0.2) is 24.5 Å². The topological polar surface area (TPSA) is 72.3 Å². The molecule has 0 unspecified atom stereocenters. The molecule has 1 N–H and O–H groups in total. The van der Waals surface area contributed by atoms with E-state index in [9.17, 15) is 9.18 Å². The average molecular weight is 347 g/mol. The van der Waals surface area contributed by atoms with E-state index in [-0.39, 0.29) is 23.9 Å². The molecule has 0 saturated carbocycles. The first-order chi connectivity index (χ1) is 12.0. The largest absolute Gasteiger partial charge is 0.377 e. The summed E-state index contributed by atoms with van der Waals surface area (Å²) in [6, 6.07) is 4.14. The van der Waals surface area contributed by atoms with Crippen molar-refractivity contribution in [2.75, 3.05) is 19.8 Å². The maximum atomic E-state index is 13.8. The van der Waals surface area contributed by atoms with Crippen LogP contribution in [0, 0.1) is 12.7 Å². The van der Waals surface area contributed by atoms with Gasteiger partial charge in [0.25, 0.3) is 0 Å². The van der Waals surface area contributed by atoms with Gasteiger partial charge in [-0.2, -0.15) is 5.10 Å². The van der Waals surface area contributed by atoms with Gasteiger partial charge in [0, 0.05) is 13.6 Å². The van der Waals surface area contributed by atoms with Crippen LogP contribution in [0.4, 0.5) is 9.18 Å². The number of amides is 2. The number of carbonyl (C=O) groups is 1. The monoisotopic (exact) mass is 347 g/mol. The van der Waals surface area contributed by atoms with Crippen LogP contribution < -0.4 is 5.32 Å². The zero-order valence-electron chi connectivity index (χ0n) is 14.6. The van der Waals surface area contributed by atoms with E-state index >= 15 is 0 Å². The van der Waals surface area contributed by atoms with Gasteiger partial charge in [0.1, 0.15) is 18.2 Å². The number of carbonyl (C=O) groups excluding carboxylic acids is 1. The minimum atomic E-state index is -0.314. The van der Waals surface area contributed by atoms with E-state index in [0.717, 1.165) is 5.56 Å². The van der Waals surface area contributed by atoms with Gasteiger partial charge in [-0.25, -0.2) is 14.2 Å². The summed E-state index contributed by atoms with van der Waals surface area (Å²) in [6.45, 7) is 4.84. The number of benzene rings is 1. The minimum absolute atomic E-state index is 0.232. The zero-order valence-corrected chi connectivity index (χ0v) is 14.6. The van der Waals surface area contributed by atoms with Crippen molar-refractivity contribution < 1.29 is 13.9 Å². The van der Waals surface area contributed by atoms with Crippen LogP contribution in [0.2, 0.25) is 0 Å². The molecule has 1 aliphatic rings. The fourth-order valence-corrected chi connectivity index (χ4v) is 2.90. The fraction of sp³-hybridized carbons (Fsp3) is 0.471. The predicted molar refractivity (Wildman–Crippen MR) is 89.4 cm³/mol. The Hall–Kier alpha value is -2.48. The molecule has 3 rings (SSSR count). The van der Waals surface area contributed by atoms with Gasteiger partial charge < -0.3 is 15.0 Å². The molecule has 0 bridgehead atoms. The predicted octanol–water partition coefficient (Wildman–Crippen LogP) is 2.11. The van der Waals surface area contributed by atoms with Crippen LogP contribution in [0.25, 0.3) is 0 Å². The number of aryl methyl sites for hydroxylation is 2. The first-order valence-electron chi connectivity index (χ1n) is 8.22. The molecule has 1 fully saturated rings. The van der Waals surface area contributed by atoms with Gasteiger partial charge in [-0.3, -0.25) is 4.68 Å². The zero-order chi connectivity index (χ0) is 18.0. The maximum absolute atomic E-state index is 13.8. The van der Waals surface area contributed by atoms with Crippen molar-refractivity contribution in [3.63, 3.8) is 0 Å². The summed E-state index contributed by atoms with van der Waals surface area (Å²) < 4.78 is 20.9. The summed E-state index contributed by atoms with van der Waals surface area (Å²) in [5.41, 5.74) is 1.30. The number of ether oxygens (including phenoxy) is 1. The van der Waals surface area contributed by atoms with Gasteiger partial charge in [-0.15, -0.1) is 0 Å². The molecule has 7 nitrogen and oxygen atoms in total. The molecule has 1 aromatic carbocycles. The summed E-state index contributed by atoms with van der Waals surface area (Å²) in [4.78, 5) is 18.7. The number of aromatic nitrogens is 3. The van der Waals surface area contributed by atoms with Crippen molar-refractivity contribution in [2.45, 2.75) is 25.9 Å². The normalized spacial score (nSPS) is 18.9. The molecule has 25 heavy (non-hydrogen) atoms. The second kappa shape index (κ2) is 7.18. The second-order valence-electron chi connectivity index (χ2n) is 6.21. The number of urea groups is 1. The molecule has 2 aromatic rings. The minimum Gasteiger partial charge on any atom is -0.377 e. The Morgan fingerprint density at radius 2 is 2.28 bits per heavy atom. The smallest absolute Gasteiger partial charge is 0.318 e. The molecule has 8 heteroatoms. The third-order valence-corrected chi connectivity index (χ3v) is 4.47. The maximum Gasteiger partial charge on any atom is 0.318 e. The molecule has 2 amide bonds.